The van der Waals surface area contributed by atoms with E-state index in [9.17, 15) is 0 Å². The van der Waals surface area contributed by atoms with E-state index in [-0.39, 0.29) is 0 Å². The topological polar surface area (TPSA) is 51.8 Å². The summed E-state index contributed by atoms with van der Waals surface area (Å²) in [6.07, 6.45) is 1.43. The number of aromatic nitrogens is 3. The molecule has 4 nitrogen and oxygen atoms in total. The second-order valence-corrected chi connectivity index (χ2v) is 4.94. The highest BCUT2D eigenvalue weighted by Gasteiger charge is 2.11. The van der Waals surface area contributed by atoms with Crippen molar-refractivity contribution >= 4 is 34.5 Å². The van der Waals surface area contributed by atoms with Crippen molar-refractivity contribution in [2.75, 3.05) is 0 Å². The zero-order valence-corrected chi connectivity index (χ0v) is 11.0. The van der Waals surface area contributed by atoms with Gasteiger partial charge in [-0.3, -0.25) is 0 Å². The van der Waals surface area contributed by atoms with E-state index in [4.69, 9.17) is 16.0 Å². The van der Waals surface area contributed by atoms with Crippen molar-refractivity contribution in [2.24, 2.45) is 0 Å². The Balaban J connectivity index is 1.99. The molecule has 0 unspecified atom stereocenters. The summed E-state index contributed by atoms with van der Waals surface area (Å²) in [4.78, 5) is 12.5. The molecule has 0 bridgehead atoms. The molecule has 0 amide bonds. The van der Waals surface area contributed by atoms with Gasteiger partial charge in [-0.15, -0.1) is 0 Å². The average molecular weight is 278 g/mol. The molecule has 2 aromatic heterocycles. The Labute approximate surface area is 112 Å². The maximum atomic E-state index is 5.94. The van der Waals surface area contributed by atoms with Crippen LogP contribution in [0.5, 0.6) is 0 Å². The van der Waals surface area contributed by atoms with Crippen LogP contribution >= 0.6 is 23.4 Å². The van der Waals surface area contributed by atoms with Crippen LogP contribution in [-0.2, 0) is 0 Å². The van der Waals surface area contributed by atoms with E-state index in [1.807, 2.05) is 31.2 Å². The van der Waals surface area contributed by atoms with Crippen molar-refractivity contribution < 1.29 is 4.42 Å². The Morgan fingerprint density at radius 1 is 1.22 bits per heavy atom. The van der Waals surface area contributed by atoms with Gasteiger partial charge in [0.25, 0.3) is 5.22 Å². The zero-order chi connectivity index (χ0) is 12.5. The summed E-state index contributed by atoms with van der Waals surface area (Å²) in [6, 6.07) is 7.62. The molecule has 3 rings (SSSR count). The fourth-order valence-electron chi connectivity index (χ4n) is 1.49. The van der Waals surface area contributed by atoms with E-state index >= 15 is 0 Å². The predicted molar refractivity (Wildman–Crippen MR) is 69.9 cm³/mol. The summed E-state index contributed by atoms with van der Waals surface area (Å²) in [6.45, 7) is 1.87. The summed E-state index contributed by atoms with van der Waals surface area (Å²) >= 11 is 7.28. The first-order valence-corrected chi connectivity index (χ1v) is 6.44. The van der Waals surface area contributed by atoms with Crippen LogP contribution < -0.4 is 0 Å². The third-order valence-electron chi connectivity index (χ3n) is 2.43. The number of halogens is 1. The standard InChI is InChI=1S/C12H8ClN3OS/c1-7-10(13)14-6-15-11(7)18-12-16-8-4-2-3-5-9(8)17-12/h2-6H,1H3. The van der Waals surface area contributed by atoms with Crippen LogP contribution in [0, 0.1) is 6.92 Å². The van der Waals surface area contributed by atoms with Crippen LogP contribution in [0.15, 0.2) is 45.3 Å². The van der Waals surface area contributed by atoms with Crippen LogP contribution in [0.1, 0.15) is 5.56 Å². The molecule has 0 fully saturated rings. The lowest BCUT2D eigenvalue weighted by molar-refractivity contribution is 0.489. The highest BCUT2D eigenvalue weighted by molar-refractivity contribution is 7.99. The molecule has 2 heterocycles. The monoisotopic (exact) mass is 277 g/mol. The van der Waals surface area contributed by atoms with Gasteiger partial charge in [0.1, 0.15) is 22.0 Å². The zero-order valence-electron chi connectivity index (χ0n) is 9.42. The van der Waals surface area contributed by atoms with Gasteiger partial charge in [0, 0.05) is 5.56 Å². The highest BCUT2D eigenvalue weighted by Crippen LogP contribution is 2.31. The normalized spacial score (nSPS) is 11.0. The number of oxazole rings is 1. The van der Waals surface area contributed by atoms with Gasteiger partial charge < -0.3 is 4.42 Å². The Bertz CT molecular complexity index is 680. The van der Waals surface area contributed by atoms with Crippen molar-refractivity contribution in [1.29, 1.82) is 0 Å². The summed E-state index contributed by atoms with van der Waals surface area (Å²) in [5, 5.41) is 1.75. The highest BCUT2D eigenvalue weighted by atomic mass is 35.5. The van der Waals surface area contributed by atoms with Crippen LogP contribution in [0.25, 0.3) is 11.1 Å². The third kappa shape index (κ3) is 2.07. The number of para-hydroxylation sites is 2. The summed E-state index contributed by atoms with van der Waals surface area (Å²) in [5.41, 5.74) is 2.42. The molecule has 0 saturated carbocycles. The van der Waals surface area contributed by atoms with E-state index in [0.717, 1.165) is 21.7 Å². The molecule has 0 atom stereocenters. The second kappa shape index (κ2) is 4.59. The molecule has 0 spiro atoms. The van der Waals surface area contributed by atoms with Crippen molar-refractivity contribution in [2.45, 2.75) is 17.2 Å². The van der Waals surface area contributed by atoms with Crippen molar-refractivity contribution in [3.05, 3.63) is 41.3 Å². The lowest BCUT2D eigenvalue weighted by atomic mass is 10.3. The van der Waals surface area contributed by atoms with Crippen molar-refractivity contribution in [1.82, 2.24) is 15.0 Å². The Morgan fingerprint density at radius 3 is 2.89 bits per heavy atom. The van der Waals surface area contributed by atoms with Crippen LogP contribution in [0.3, 0.4) is 0 Å². The largest absolute Gasteiger partial charge is 0.431 e. The molecule has 0 aliphatic heterocycles. The molecule has 0 saturated heterocycles. The van der Waals surface area contributed by atoms with Crippen molar-refractivity contribution in [3.63, 3.8) is 0 Å². The molecule has 0 aliphatic rings. The number of rotatable bonds is 2. The first-order valence-electron chi connectivity index (χ1n) is 5.24. The minimum atomic E-state index is 0.448. The molecular weight excluding hydrogens is 270 g/mol. The fourth-order valence-corrected chi connectivity index (χ4v) is 2.47. The first kappa shape index (κ1) is 11.5. The summed E-state index contributed by atoms with van der Waals surface area (Å²) < 4.78 is 5.62. The van der Waals surface area contributed by atoms with E-state index < -0.39 is 0 Å². The molecule has 6 heteroatoms. The van der Waals surface area contributed by atoms with Gasteiger partial charge in [0.05, 0.1) is 0 Å². The van der Waals surface area contributed by atoms with Gasteiger partial charge in [0.2, 0.25) is 0 Å². The third-order valence-corrected chi connectivity index (χ3v) is 3.77. The van der Waals surface area contributed by atoms with E-state index in [0.29, 0.717) is 10.4 Å². The average Bonchev–Trinajstić information content (AvgIpc) is 2.77. The Morgan fingerprint density at radius 2 is 2.06 bits per heavy atom. The van der Waals surface area contributed by atoms with E-state index in [1.54, 1.807) is 0 Å². The van der Waals surface area contributed by atoms with Gasteiger partial charge in [0.15, 0.2) is 5.58 Å². The first-order chi connectivity index (χ1) is 8.74. The second-order valence-electron chi connectivity index (χ2n) is 3.64. The van der Waals surface area contributed by atoms with Crippen LogP contribution in [-0.4, -0.2) is 15.0 Å². The molecule has 3 aromatic rings. The molecule has 0 N–H and O–H groups in total. The Hall–Kier alpha value is -1.59. The lowest BCUT2D eigenvalue weighted by Crippen LogP contribution is -1.89. The number of hydrogen-bond acceptors (Lipinski definition) is 5. The molecular formula is C12H8ClN3OS. The number of hydrogen-bond donors (Lipinski definition) is 0. The number of benzene rings is 1. The van der Waals surface area contributed by atoms with E-state index in [1.165, 1.54) is 18.1 Å². The fraction of sp³-hybridized carbons (Fsp3) is 0.0833. The van der Waals surface area contributed by atoms with Crippen LogP contribution in [0.4, 0.5) is 0 Å². The molecule has 0 radical (unpaired) electrons. The van der Waals surface area contributed by atoms with Crippen LogP contribution in [0.2, 0.25) is 5.15 Å². The van der Waals surface area contributed by atoms with E-state index in [2.05, 4.69) is 15.0 Å². The summed E-state index contributed by atoms with van der Waals surface area (Å²) in [7, 11) is 0. The van der Waals surface area contributed by atoms with Gasteiger partial charge >= 0.3 is 0 Å². The molecule has 1 aromatic carbocycles. The smallest absolute Gasteiger partial charge is 0.263 e. The number of nitrogens with zero attached hydrogens (tertiary/aromatic N) is 3. The minimum absolute atomic E-state index is 0.448. The minimum Gasteiger partial charge on any atom is -0.431 e. The Kier molecular flexibility index (Phi) is 2.93. The molecule has 18 heavy (non-hydrogen) atoms. The summed E-state index contributed by atoms with van der Waals surface area (Å²) in [5.74, 6) is 0. The van der Waals surface area contributed by atoms with Gasteiger partial charge in [-0.2, -0.15) is 0 Å². The maximum absolute atomic E-state index is 5.94. The lowest BCUT2D eigenvalue weighted by Gasteiger charge is -2.01. The van der Waals surface area contributed by atoms with Gasteiger partial charge in [-0.05, 0) is 30.8 Å². The van der Waals surface area contributed by atoms with Crippen molar-refractivity contribution in [3.8, 4) is 0 Å². The van der Waals surface area contributed by atoms with Gasteiger partial charge in [-0.1, -0.05) is 23.7 Å². The predicted octanol–water partition coefficient (Wildman–Crippen LogP) is 3.73. The quantitative estimate of drug-likeness (QED) is 0.668. The molecule has 0 aliphatic carbocycles. The molecule has 90 valence electrons. The maximum Gasteiger partial charge on any atom is 0.263 e. The van der Waals surface area contributed by atoms with Gasteiger partial charge in [-0.25, -0.2) is 15.0 Å². The SMILES string of the molecule is Cc1c(Cl)ncnc1Sc1nc2ccccc2o1. The number of fused-ring (bicyclic) bond motifs is 1.